The van der Waals surface area contributed by atoms with E-state index < -0.39 is 4.92 Å². The number of benzene rings is 2. The van der Waals surface area contributed by atoms with Crippen LogP contribution in [0, 0.1) is 10.1 Å². The van der Waals surface area contributed by atoms with Crippen molar-refractivity contribution in [2.75, 3.05) is 31.4 Å². The van der Waals surface area contributed by atoms with Crippen molar-refractivity contribution in [3.05, 3.63) is 57.1 Å². The van der Waals surface area contributed by atoms with E-state index in [0.717, 1.165) is 25.0 Å². The van der Waals surface area contributed by atoms with Crippen LogP contribution in [0.2, 0.25) is 5.02 Å². The molecule has 2 aromatic rings. The monoisotopic (exact) mass is 466 g/mol. The number of carbonyl (C=O) groups excluding carboxylic acids is 1. The van der Waals surface area contributed by atoms with E-state index in [9.17, 15) is 14.9 Å². The van der Waals surface area contributed by atoms with Gasteiger partial charge in [-0.1, -0.05) is 17.7 Å². The van der Waals surface area contributed by atoms with Crippen molar-refractivity contribution >= 4 is 40.6 Å². The van der Waals surface area contributed by atoms with E-state index in [4.69, 9.17) is 25.8 Å². The molecule has 3 rings (SSSR count). The zero-order valence-electron chi connectivity index (χ0n) is 17.0. The molecule has 1 amide bonds. The van der Waals surface area contributed by atoms with Crippen LogP contribution in [0.1, 0.15) is 18.4 Å². The number of hydrogen-bond donors (Lipinski definition) is 1. The van der Waals surface area contributed by atoms with Gasteiger partial charge < -0.3 is 19.5 Å². The number of nitro groups is 1. The SMILES string of the molecule is COc1ccc(CSCC(=O)Nc2cc(Cl)ccc2OCC2CCCO2)cc1[N+](=O)[O-]. The maximum Gasteiger partial charge on any atom is 0.311 e. The second-order valence-electron chi connectivity index (χ2n) is 6.89. The highest BCUT2D eigenvalue weighted by atomic mass is 35.5. The lowest BCUT2D eigenvalue weighted by molar-refractivity contribution is -0.385. The quantitative estimate of drug-likeness (QED) is 0.400. The summed E-state index contributed by atoms with van der Waals surface area (Å²) in [6, 6.07) is 9.81. The summed E-state index contributed by atoms with van der Waals surface area (Å²) in [4.78, 5) is 23.1. The van der Waals surface area contributed by atoms with Gasteiger partial charge in [0.05, 0.1) is 29.6 Å². The van der Waals surface area contributed by atoms with Crippen molar-refractivity contribution in [3.63, 3.8) is 0 Å². The first-order valence-corrected chi connectivity index (χ1v) is 11.2. The molecule has 0 radical (unpaired) electrons. The number of hydrogen-bond acceptors (Lipinski definition) is 7. The minimum Gasteiger partial charge on any atom is -0.490 e. The number of methoxy groups -OCH3 is 1. The molecule has 2 aromatic carbocycles. The Hall–Kier alpha value is -2.49. The van der Waals surface area contributed by atoms with Gasteiger partial charge in [-0.05, 0) is 42.7 Å². The number of nitro benzene ring substituents is 1. The van der Waals surface area contributed by atoms with Crippen LogP contribution in [0.3, 0.4) is 0 Å². The van der Waals surface area contributed by atoms with Gasteiger partial charge in [-0.2, -0.15) is 0 Å². The second kappa shape index (κ2) is 11.2. The molecule has 1 N–H and O–H groups in total. The lowest BCUT2D eigenvalue weighted by Crippen LogP contribution is -2.18. The lowest BCUT2D eigenvalue weighted by Gasteiger charge is -2.15. The zero-order chi connectivity index (χ0) is 22.2. The van der Waals surface area contributed by atoms with Crippen molar-refractivity contribution in [2.45, 2.75) is 24.7 Å². The normalized spacial score (nSPS) is 15.5. The Morgan fingerprint density at radius 3 is 2.84 bits per heavy atom. The second-order valence-corrected chi connectivity index (χ2v) is 8.31. The Kier molecular flexibility index (Phi) is 8.39. The van der Waals surface area contributed by atoms with Crippen molar-refractivity contribution in [2.24, 2.45) is 0 Å². The maximum atomic E-state index is 12.4. The summed E-state index contributed by atoms with van der Waals surface area (Å²) in [6.07, 6.45) is 2.03. The summed E-state index contributed by atoms with van der Waals surface area (Å²) in [6.45, 7) is 1.16. The van der Waals surface area contributed by atoms with E-state index in [-0.39, 0.29) is 29.2 Å². The minimum absolute atomic E-state index is 0.0586. The Morgan fingerprint density at radius 2 is 2.13 bits per heavy atom. The molecule has 0 saturated carbocycles. The number of thioether (sulfide) groups is 1. The van der Waals surface area contributed by atoms with Gasteiger partial charge in [-0.3, -0.25) is 14.9 Å². The van der Waals surface area contributed by atoms with Crippen LogP contribution in [0.4, 0.5) is 11.4 Å². The topological polar surface area (TPSA) is 99.9 Å². The van der Waals surface area contributed by atoms with Crippen LogP contribution in [0.5, 0.6) is 11.5 Å². The molecule has 166 valence electrons. The van der Waals surface area contributed by atoms with E-state index in [1.807, 2.05) is 0 Å². The third kappa shape index (κ3) is 6.75. The molecule has 0 spiro atoms. The summed E-state index contributed by atoms with van der Waals surface area (Å²) in [5.74, 6) is 1.11. The molecule has 1 aliphatic rings. The summed E-state index contributed by atoms with van der Waals surface area (Å²) in [5.41, 5.74) is 1.13. The highest BCUT2D eigenvalue weighted by Crippen LogP contribution is 2.30. The van der Waals surface area contributed by atoms with Crippen LogP contribution in [0.15, 0.2) is 36.4 Å². The molecule has 1 aliphatic heterocycles. The maximum absolute atomic E-state index is 12.4. The molecule has 10 heteroatoms. The largest absolute Gasteiger partial charge is 0.490 e. The van der Waals surface area contributed by atoms with Crippen LogP contribution in [-0.2, 0) is 15.3 Å². The molecule has 0 bridgehead atoms. The number of halogens is 1. The standard InChI is InChI=1S/C21H23ClN2O6S/c1-28-20-6-4-14(9-18(20)24(26)27)12-31-13-21(25)23-17-10-15(22)5-7-19(17)30-11-16-3-2-8-29-16/h4-7,9-10,16H,2-3,8,11-13H2,1H3,(H,23,25). The fourth-order valence-corrected chi connectivity index (χ4v) is 4.05. The van der Waals surface area contributed by atoms with E-state index in [1.54, 1.807) is 30.3 Å². The Morgan fingerprint density at radius 1 is 1.32 bits per heavy atom. The van der Waals surface area contributed by atoms with Crippen LogP contribution in [0.25, 0.3) is 0 Å². The Labute approximate surface area is 189 Å². The molecule has 1 unspecified atom stereocenters. The number of carbonyl (C=O) groups is 1. The highest BCUT2D eigenvalue weighted by Gasteiger charge is 2.18. The molecule has 0 aliphatic carbocycles. The number of nitrogens with one attached hydrogen (secondary N) is 1. The van der Waals surface area contributed by atoms with Gasteiger partial charge in [0.25, 0.3) is 0 Å². The van der Waals surface area contributed by atoms with Gasteiger partial charge in [-0.25, -0.2) is 0 Å². The van der Waals surface area contributed by atoms with E-state index in [1.165, 1.54) is 24.9 Å². The third-order valence-electron chi connectivity index (χ3n) is 4.61. The first-order chi connectivity index (χ1) is 15.0. The smallest absolute Gasteiger partial charge is 0.311 e. The predicted octanol–water partition coefficient (Wildman–Crippen LogP) is 4.69. The zero-order valence-corrected chi connectivity index (χ0v) is 18.5. The molecule has 8 nitrogen and oxygen atoms in total. The van der Waals surface area contributed by atoms with Gasteiger partial charge in [0.2, 0.25) is 5.91 Å². The van der Waals surface area contributed by atoms with Gasteiger partial charge in [-0.15, -0.1) is 11.8 Å². The molecule has 0 aromatic heterocycles. The molecular formula is C21H23ClN2O6S. The molecule has 1 atom stereocenters. The lowest BCUT2D eigenvalue weighted by atomic mass is 10.2. The van der Waals surface area contributed by atoms with Gasteiger partial charge >= 0.3 is 5.69 Å². The Balaban J connectivity index is 1.54. The average Bonchev–Trinajstić information content (AvgIpc) is 3.26. The summed E-state index contributed by atoms with van der Waals surface area (Å²) in [7, 11) is 1.38. The molecule has 1 saturated heterocycles. The van der Waals surface area contributed by atoms with E-state index >= 15 is 0 Å². The average molecular weight is 467 g/mol. The molecule has 1 heterocycles. The van der Waals surface area contributed by atoms with Crippen LogP contribution < -0.4 is 14.8 Å². The summed E-state index contributed by atoms with van der Waals surface area (Å²) in [5, 5.41) is 14.4. The Bertz CT molecular complexity index is 936. The van der Waals surface area contributed by atoms with Crippen LogP contribution >= 0.6 is 23.4 Å². The summed E-state index contributed by atoms with van der Waals surface area (Å²) >= 11 is 7.42. The number of rotatable bonds is 10. The first-order valence-electron chi connectivity index (χ1n) is 9.69. The van der Waals surface area contributed by atoms with Gasteiger partial charge in [0.1, 0.15) is 12.4 Å². The number of nitrogens with zero attached hydrogens (tertiary/aromatic N) is 1. The van der Waals surface area contributed by atoms with Crippen molar-refractivity contribution in [1.82, 2.24) is 0 Å². The highest BCUT2D eigenvalue weighted by molar-refractivity contribution is 7.99. The molecular weight excluding hydrogens is 444 g/mol. The van der Waals surface area contributed by atoms with Gasteiger partial charge in [0.15, 0.2) is 5.75 Å². The number of amides is 1. The van der Waals surface area contributed by atoms with E-state index in [0.29, 0.717) is 28.8 Å². The van der Waals surface area contributed by atoms with E-state index in [2.05, 4.69) is 5.32 Å². The molecule has 31 heavy (non-hydrogen) atoms. The van der Waals surface area contributed by atoms with Crippen molar-refractivity contribution in [3.8, 4) is 11.5 Å². The fraction of sp³-hybridized carbons (Fsp3) is 0.381. The third-order valence-corrected chi connectivity index (χ3v) is 5.85. The first kappa shape index (κ1) is 23.2. The van der Waals surface area contributed by atoms with Crippen LogP contribution in [-0.4, -0.2) is 43.0 Å². The fourth-order valence-electron chi connectivity index (χ4n) is 3.10. The number of ether oxygens (including phenoxy) is 3. The summed E-state index contributed by atoms with van der Waals surface area (Å²) < 4.78 is 16.4. The molecule has 1 fully saturated rings. The minimum atomic E-state index is -0.489. The van der Waals surface area contributed by atoms with Crippen molar-refractivity contribution in [1.29, 1.82) is 0 Å². The van der Waals surface area contributed by atoms with Crippen molar-refractivity contribution < 1.29 is 23.9 Å². The predicted molar refractivity (Wildman–Crippen MR) is 120 cm³/mol. The number of anilines is 1. The van der Waals surface area contributed by atoms with Gasteiger partial charge in [0, 0.05) is 23.4 Å².